The average molecular weight is 334 g/mol. The van der Waals surface area contributed by atoms with Gasteiger partial charge in [-0.15, -0.1) is 0 Å². The smallest absolute Gasteiger partial charge is 0.341 e. The van der Waals surface area contributed by atoms with E-state index < -0.39 is 5.97 Å². The molecule has 0 atom stereocenters. The van der Waals surface area contributed by atoms with E-state index in [1.54, 1.807) is 24.3 Å². The number of carbonyl (C=O) groups excluding carboxylic acids is 1. The molecule has 0 amide bonds. The first-order valence-corrected chi connectivity index (χ1v) is 7.18. The molecule has 0 unspecified atom stereocenters. The summed E-state index contributed by atoms with van der Waals surface area (Å²) in [6.45, 7) is 0.224. The van der Waals surface area contributed by atoms with Gasteiger partial charge in [-0.1, -0.05) is 41.9 Å². The SMILES string of the molecule is CO/C=C(/C(=O)OC)c1ccccc1COc1cccc(Cl)n1. The Morgan fingerprint density at radius 3 is 2.65 bits per heavy atom. The van der Waals surface area contributed by atoms with E-state index in [9.17, 15) is 4.79 Å². The lowest BCUT2D eigenvalue weighted by atomic mass is 10.0. The summed E-state index contributed by atoms with van der Waals surface area (Å²) in [5, 5.41) is 0.352. The van der Waals surface area contributed by atoms with Gasteiger partial charge in [0.15, 0.2) is 0 Å². The van der Waals surface area contributed by atoms with Crippen LogP contribution >= 0.6 is 11.6 Å². The molecule has 6 heteroatoms. The number of rotatable bonds is 6. The Balaban J connectivity index is 2.26. The number of hydrogen-bond acceptors (Lipinski definition) is 5. The lowest BCUT2D eigenvalue weighted by Crippen LogP contribution is -2.08. The third-order valence-corrected chi connectivity index (χ3v) is 3.22. The maximum atomic E-state index is 11.9. The molecule has 2 rings (SSSR count). The molecule has 1 aromatic heterocycles. The number of carbonyl (C=O) groups is 1. The van der Waals surface area contributed by atoms with Crippen molar-refractivity contribution in [1.82, 2.24) is 4.98 Å². The van der Waals surface area contributed by atoms with Crippen molar-refractivity contribution in [3.05, 3.63) is 65.0 Å². The number of benzene rings is 1. The number of halogens is 1. The van der Waals surface area contributed by atoms with Crippen molar-refractivity contribution < 1.29 is 19.0 Å². The van der Waals surface area contributed by atoms with Crippen LogP contribution in [0.3, 0.4) is 0 Å². The van der Waals surface area contributed by atoms with E-state index in [-0.39, 0.29) is 6.61 Å². The molecule has 0 radical (unpaired) electrons. The third kappa shape index (κ3) is 4.47. The molecule has 5 nitrogen and oxygen atoms in total. The van der Waals surface area contributed by atoms with Crippen LogP contribution in [0.2, 0.25) is 5.15 Å². The lowest BCUT2D eigenvalue weighted by molar-refractivity contribution is -0.133. The van der Waals surface area contributed by atoms with Crippen molar-refractivity contribution in [2.75, 3.05) is 14.2 Å². The monoisotopic (exact) mass is 333 g/mol. The van der Waals surface area contributed by atoms with E-state index in [1.165, 1.54) is 20.5 Å². The predicted octanol–water partition coefficient (Wildman–Crippen LogP) is 3.47. The first kappa shape index (κ1) is 16.8. The fraction of sp³-hybridized carbons (Fsp3) is 0.176. The van der Waals surface area contributed by atoms with E-state index in [4.69, 9.17) is 25.8 Å². The molecule has 0 aliphatic rings. The highest BCUT2D eigenvalue weighted by atomic mass is 35.5. The molecule has 0 fully saturated rings. The van der Waals surface area contributed by atoms with Crippen molar-refractivity contribution in [2.45, 2.75) is 6.61 Å². The standard InChI is InChI=1S/C17H16ClNO4/c1-21-11-14(17(20)22-2)13-7-4-3-6-12(13)10-23-16-9-5-8-15(18)19-16/h3-9,11H,10H2,1-2H3/b14-11+. The topological polar surface area (TPSA) is 57.7 Å². The van der Waals surface area contributed by atoms with Crippen LogP contribution in [-0.4, -0.2) is 25.2 Å². The van der Waals surface area contributed by atoms with Gasteiger partial charge in [-0.25, -0.2) is 9.78 Å². The Morgan fingerprint density at radius 1 is 1.17 bits per heavy atom. The lowest BCUT2D eigenvalue weighted by Gasteiger charge is -2.12. The summed E-state index contributed by atoms with van der Waals surface area (Å²) in [6, 6.07) is 12.5. The van der Waals surface area contributed by atoms with Crippen LogP contribution in [0, 0.1) is 0 Å². The van der Waals surface area contributed by atoms with Gasteiger partial charge in [0.2, 0.25) is 5.88 Å². The fourth-order valence-electron chi connectivity index (χ4n) is 1.98. The molecule has 0 N–H and O–H groups in total. The zero-order chi connectivity index (χ0) is 16.7. The second-order valence-corrected chi connectivity index (χ2v) is 4.89. The summed E-state index contributed by atoms with van der Waals surface area (Å²) >= 11 is 5.83. The molecular weight excluding hydrogens is 318 g/mol. The number of aromatic nitrogens is 1. The minimum atomic E-state index is -0.486. The Kier molecular flexibility index (Phi) is 6.00. The molecule has 0 aliphatic heterocycles. The van der Waals surface area contributed by atoms with Gasteiger partial charge in [0.1, 0.15) is 17.3 Å². The van der Waals surface area contributed by atoms with Gasteiger partial charge in [0.25, 0.3) is 0 Å². The van der Waals surface area contributed by atoms with E-state index in [0.717, 1.165) is 5.56 Å². The molecule has 1 aromatic carbocycles. The Labute approximate surface area is 139 Å². The number of pyridine rings is 1. The highest BCUT2D eigenvalue weighted by Gasteiger charge is 2.16. The molecule has 120 valence electrons. The van der Waals surface area contributed by atoms with Crippen LogP contribution in [0.25, 0.3) is 5.57 Å². The summed E-state index contributed by atoms with van der Waals surface area (Å²) in [6.07, 6.45) is 1.35. The van der Waals surface area contributed by atoms with E-state index in [1.807, 2.05) is 18.2 Å². The van der Waals surface area contributed by atoms with Crippen LogP contribution in [0.15, 0.2) is 48.7 Å². The molecule has 1 heterocycles. The van der Waals surface area contributed by atoms with Crippen molar-refractivity contribution in [3.8, 4) is 5.88 Å². The second-order valence-electron chi connectivity index (χ2n) is 4.50. The second kappa shape index (κ2) is 8.19. The maximum Gasteiger partial charge on any atom is 0.341 e. The zero-order valence-corrected chi connectivity index (χ0v) is 13.5. The average Bonchev–Trinajstić information content (AvgIpc) is 2.58. The summed E-state index contributed by atoms with van der Waals surface area (Å²) in [5.41, 5.74) is 1.78. The summed E-state index contributed by atoms with van der Waals surface area (Å²) < 4.78 is 15.4. The van der Waals surface area contributed by atoms with Gasteiger partial charge in [-0.05, 0) is 17.2 Å². The van der Waals surface area contributed by atoms with Gasteiger partial charge >= 0.3 is 5.97 Å². The van der Waals surface area contributed by atoms with Gasteiger partial charge in [-0.3, -0.25) is 0 Å². The van der Waals surface area contributed by atoms with Gasteiger partial charge in [0.05, 0.1) is 20.5 Å². The van der Waals surface area contributed by atoms with Crippen molar-refractivity contribution >= 4 is 23.1 Å². The Bertz CT molecular complexity index is 715. The molecule has 0 saturated carbocycles. The van der Waals surface area contributed by atoms with Crippen LogP contribution in [0.5, 0.6) is 5.88 Å². The molecule has 0 saturated heterocycles. The minimum Gasteiger partial charge on any atom is -0.503 e. The quantitative estimate of drug-likeness (QED) is 0.350. The first-order valence-electron chi connectivity index (χ1n) is 6.80. The highest BCUT2D eigenvalue weighted by Crippen LogP contribution is 2.22. The Morgan fingerprint density at radius 2 is 1.96 bits per heavy atom. The van der Waals surface area contributed by atoms with Gasteiger partial charge in [0, 0.05) is 6.07 Å². The number of methoxy groups -OCH3 is 2. The number of esters is 1. The predicted molar refractivity (Wildman–Crippen MR) is 87.0 cm³/mol. The van der Waals surface area contributed by atoms with Crippen LogP contribution in [0.1, 0.15) is 11.1 Å². The molecule has 0 aliphatic carbocycles. The van der Waals surface area contributed by atoms with Crippen LogP contribution < -0.4 is 4.74 Å². The summed E-state index contributed by atoms with van der Waals surface area (Å²) in [5.74, 6) is -0.0807. The Hall–Kier alpha value is -2.53. The first-order chi connectivity index (χ1) is 11.2. The summed E-state index contributed by atoms with van der Waals surface area (Å²) in [4.78, 5) is 16.0. The molecular formula is C17H16ClNO4. The van der Waals surface area contributed by atoms with Crippen molar-refractivity contribution in [3.63, 3.8) is 0 Å². The fourth-order valence-corrected chi connectivity index (χ4v) is 2.14. The molecule has 23 heavy (non-hydrogen) atoms. The number of ether oxygens (including phenoxy) is 3. The van der Waals surface area contributed by atoms with Gasteiger partial charge in [-0.2, -0.15) is 0 Å². The zero-order valence-electron chi connectivity index (χ0n) is 12.8. The van der Waals surface area contributed by atoms with Crippen molar-refractivity contribution in [2.24, 2.45) is 0 Å². The third-order valence-electron chi connectivity index (χ3n) is 3.01. The molecule has 2 aromatic rings. The summed E-state index contributed by atoms with van der Waals surface area (Å²) in [7, 11) is 2.79. The number of nitrogens with zero attached hydrogens (tertiary/aromatic N) is 1. The largest absolute Gasteiger partial charge is 0.503 e. The van der Waals surface area contributed by atoms with E-state index >= 15 is 0 Å². The minimum absolute atomic E-state index is 0.224. The van der Waals surface area contributed by atoms with Crippen LogP contribution in [0.4, 0.5) is 0 Å². The van der Waals surface area contributed by atoms with E-state index in [2.05, 4.69) is 4.98 Å². The van der Waals surface area contributed by atoms with E-state index in [0.29, 0.717) is 22.2 Å². The van der Waals surface area contributed by atoms with Crippen LogP contribution in [-0.2, 0) is 20.9 Å². The maximum absolute atomic E-state index is 11.9. The van der Waals surface area contributed by atoms with Gasteiger partial charge < -0.3 is 14.2 Å². The molecule has 0 spiro atoms. The number of hydrogen-bond donors (Lipinski definition) is 0. The normalized spacial score (nSPS) is 11.0. The highest BCUT2D eigenvalue weighted by molar-refractivity contribution is 6.29. The van der Waals surface area contributed by atoms with Crippen molar-refractivity contribution in [1.29, 1.82) is 0 Å². The molecule has 0 bridgehead atoms.